The Kier molecular flexibility index (Phi) is 4.70. The molecule has 0 aromatic carbocycles. The van der Waals surface area contributed by atoms with Crippen molar-refractivity contribution in [3.8, 4) is 24.7 Å². The second-order valence-corrected chi connectivity index (χ2v) is 2.06. The Morgan fingerprint density at radius 3 is 2.27 bits per heavy atom. The molecule has 0 heteroatoms. The molecule has 0 atom stereocenters. The van der Waals surface area contributed by atoms with Crippen LogP contribution < -0.4 is 0 Å². The second-order valence-electron chi connectivity index (χ2n) is 2.06. The first-order valence-electron chi connectivity index (χ1n) is 3.58. The van der Waals surface area contributed by atoms with Gasteiger partial charge in [-0.05, 0) is 19.4 Å². The lowest BCUT2D eigenvalue weighted by atomic mass is 10.1. The molecule has 0 spiro atoms. The van der Waals surface area contributed by atoms with E-state index in [2.05, 4.69) is 11.8 Å². The molecule has 0 unspecified atom stereocenters. The van der Waals surface area contributed by atoms with Gasteiger partial charge < -0.3 is 0 Å². The molecule has 56 valence electrons. The molecule has 0 radical (unpaired) electrons. The van der Waals surface area contributed by atoms with Gasteiger partial charge in [0, 0.05) is 11.1 Å². The van der Waals surface area contributed by atoms with Crippen molar-refractivity contribution in [2.75, 3.05) is 0 Å². The summed E-state index contributed by atoms with van der Waals surface area (Å²) in [5.74, 6) is 5.12. The van der Waals surface area contributed by atoms with Crippen LogP contribution in [0.1, 0.15) is 20.3 Å². The third kappa shape index (κ3) is 3.33. The van der Waals surface area contributed by atoms with Gasteiger partial charge >= 0.3 is 0 Å². The maximum absolute atomic E-state index is 5.23. The summed E-state index contributed by atoms with van der Waals surface area (Å²) < 4.78 is 0. The molecule has 0 saturated carbocycles. The molecular weight excluding hydrogens is 132 g/mol. The third-order valence-corrected chi connectivity index (χ3v) is 1.37. The molecule has 11 heavy (non-hydrogen) atoms. The van der Waals surface area contributed by atoms with Crippen molar-refractivity contribution in [2.24, 2.45) is 0 Å². The van der Waals surface area contributed by atoms with Gasteiger partial charge in [0.15, 0.2) is 0 Å². The summed E-state index contributed by atoms with van der Waals surface area (Å²) in [4.78, 5) is 0. The van der Waals surface area contributed by atoms with Crippen LogP contribution >= 0.6 is 0 Å². The van der Waals surface area contributed by atoms with Crippen molar-refractivity contribution in [3.63, 3.8) is 0 Å². The Morgan fingerprint density at radius 2 is 2.00 bits per heavy atom. The largest absolute Gasteiger partial charge is 0.115 e. The van der Waals surface area contributed by atoms with Gasteiger partial charge in [0.1, 0.15) is 0 Å². The van der Waals surface area contributed by atoms with Crippen LogP contribution in [-0.4, -0.2) is 0 Å². The minimum atomic E-state index is 0.847. The first kappa shape index (κ1) is 9.60. The summed E-state index contributed by atoms with van der Waals surface area (Å²) in [5.41, 5.74) is 1.79. The molecule has 0 aromatic heterocycles. The minimum absolute atomic E-state index is 0.847. The number of hydrogen-bond acceptors (Lipinski definition) is 0. The average Bonchev–Trinajstić information content (AvgIpc) is 2.07. The first-order valence-corrected chi connectivity index (χ1v) is 3.58. The minimum Gasteiger partial charge on any atom is -0.115 e. The fourth-order valence-corrected chi connectivity index (χ4v) is 0.642. The van der Waals surface area contributed by atoms with Crippen LogP contribution in [0, 0.1) is 24.7 Å². The predicted octanol–water partition coefficient (Wildman–Crippen LogP) is 2.54. The van der Waals surface area contributed by atoms with Crippen molar-refractivity contribution in [3.05, 3.63) is 23.3 Å². The summed E-state index contributed by atoms with van der Waals surface area (Å²) in [6.07, 6.45) is 15.0. The second kappa shape index (κ2) is 5.39. The molecule has 0 heterocycles. The fraction of sp³-hybridized carbons (Fsp3) is 0.273. The van der Waals surface area contributed by atoms with E-state index >= 15 is 0 Å². The normalized spacial score (nSPS) is 12.0. The maximum atomic E-state index is 5.23. The summed E-state index contributed by atoms with van der Waals surface area (Å²) in [5, 5.41) is 0. The van der Waals surface area contributed by atoms with Crippen LogP contribution in [0.3, 0.4) is 0 Å². The average molecular weight is 144 g/mol. The zero-order valence-electron chi connectivity index (χ0n) is 7.02. The van der Waals surface area contributed by atoms with Crippen molar-refractivity contribution in [2.45, 2.75) is 20.3 Å². The molecule has 0 fully saturated rings. The monoisotopic (exact) mass is 144 g/mol. The van der Waals surface area contributed by atoms with Crippen molar-refractivity contribution in [1.82, 2.24) is 0 Å². The van der Waals surface area contributed by atoms with Crippen LogP contribution in [0.15, 0.2) is 23.3 Å². The molecule has 0 aromatic rings. The number of terminal acetylenes is 2. The van der Waals surface area contributed by atoms with E-state index in [-0.39, 0.29) is 0 Å². The van der Waals surface area contributed by atoms with E-state index in [4.69, 9.17) is 12.8 Å². The van der Waals surface area contributed by atoms with Crippen LogP contribution in [-0.2, 0) is 0 Å². The molecule has 0 saturated heterocycles. The first-order chi connectivity index (χ1) is 5.28. The van der Waals surface area contributed by atoms with E-state index in [0.717, 1.165) is 17.6 Å². The molecule has 0 nitrogen and oxygen atoms in total. The fourth-order valence-electron chi connectivity index (χ4n) is 0.642. The molecule has 0 bridgehead atoms. The quantitative estimate of drug-likeness (QED) is 0.412. The van der Waals surface area contributed by atoms with Crippen molar-refractivity contribution < 1.29 is 0 Å². The number of allylic oxidation sites excluding steroid dienone is 4. The lowest BCUT2D eigenvalue weighted by Gasteiger charge is -1.92. The Labute approximate surface area is 69.0 Å². The lowest BCUT2D eigenvalue weighted by Crippen LogP contribution is -1.77. The van der Waals surface area contributed by atoms with Gasteiger partial charge in [0.05, 0.1) is 0 Å². The molecule has 0 amide bonds. The van der Waals surface area contributed by atoms with E-state index in [1.165, 1.54) is 0 Å². The van der Waals surface area contributed by atoms with E-state index in [0.29, 0.717) is 0 Å². The highest BCUT2D eigenvalue weighted by Gasteiger charge is 1.88. The van der Waals surface area contributed by atoms with Crippen LogP contribution in [0.25, 0.3) is 0 Å². The highest BCUT2D eigenvalue weighted by atomic mass is 13.9. The Morgan fingerprint density at radius 1 is 1.36 bits per heavy atom. The van der Waals surface area contributed by atoms with Gasteiger partial charge in [-0.2, -0.15) is 0 Å². The van der Waals surface area contributed by atoms with Crippen molar-refractivity contribution in [1.29, 1.82) is 0 Å². The highest BCUT2D eigenvalue weighted by molar-refractivity contribution is 5.42. The van der Waals surface area contributed by atoms with Gasteiger partial charge in [-0.25, -0.2) is 0 Å². The summed E-state index contributed by atoms with van der Waals surface area (Å²) in [7, 11) is 0. The van der Waals surface area contributed by atoms with E-state index < -0.39 is 0 Å². The molecular formula is C11H12. The zero-order chi connectivity index (χ0) is 8.69. The van der Waals surface area contributed by atoms with Gasteiger partial charge in [0.25, 0.3) is 0 Å². The van der Waals surface area contributed by atoms with Crippen molar-refractivity contribution >= 4 is 0 Å². The summed E-state index contributed by atoms with van der Waals surface area (Å²) in [6.45, 7) is 3.91. The van der Waals surface area contributed by atoms with E-state index in [1.54, 1.807) is 0 Å². The van der Waals surface area contributed by atoms with Crippen LogP contribution in [0.5, 0.6) is 0 Å². The molecule has 0 aliphatic heterocycles. The molecule has 0 rings (SSSR count). The summed E-state index contributed by atoms with van der Waals surface area (Å²) in [6, 6.07) is 0. The maximum Gasteiger partial charge on any atom is 0.0209 e. The lowest BCUT2D eigenvalue weighted by molar-refractivity contribution is 1.16. The van der Waals surface area contributed by atoms with E-state index in [1.807, 2.05) is 26.0 Å². The molecule has 0 N–H and O–H groups in total. The topological polar surface area (TPSA) is 0 Å². The molecule has 0 aliphatic rings. The summed E-state index contributed by atoms with van der Waals surface area (Å²) >= 11 is 0. The third-order valence-electron chi connectivity index (χ3n) is 1.37. The Hall–Kier alpha value is -1.40. The smallest absolute Gasteiger partial charge is 0.0209 e. The number of rotatable bonds is 2. The predicted molar refractivity (Wildman–Crippen MR) is 49.8 cm³/mol. The standard InChI is InChI=1S/C11H12/c1-5-10(6-2)9-11(7-3)8-4/h1,3,6,9H,8H2,2,4H3/b10-6-,11-9+. The zero-order valence-corrected chi connectivity index (χ0v) is 7.02. The Balaban J connectivity index is 4.56. The van der Waals surface area contributed by atoms with Gasteiger partial charge in [-0.1, -0.05) is 24.8 Å². The van der Waals surface area contributed by atoms with Gasteiger partial charge in [0.2, 0.25) is 0 Å². The SMILES string of the molecule is C#C/C(=C\C(C#C)=C/C)CC. The Bertz CT molecular complexity index is 251. The van der Waals surface area contributed by atoms with Gasteiger partial charge in [-0.3, -0.25) is 0 Å². The molecule has 0 aliphatic carbocycles. The van der Waals surface area contributed by atoms with Crippen LogP contribution in [0.2, 0.25) is 0 Å². The highest BCUT2D eigenvalue weighted by Crippen LogP contribution is 2.03. The van der Waals surface area contributed by atoms with Gasteiger partial charge in [-0.15, -0.1) is 12.8 Å². The van der Waals surface area contributed by atoms with Crippen LogP contribution in [0.4, 0.5) is 0 Å². The number of hydrogen-bond donors (Lipinski definition) is 0. The van der Waals surface area contributed by atoms with E-state index in [9.17, 15) is 0 Å².